The van der Waals surface area contributed by atoms with Crippen molar-refractivity contribution in [2.24, 2.45) is 0 Å². The van der Waals surface area contributed by atoms with E-state index in [4.69, 9.17) is 5.73 Å². The average Bonchev–Trinajstić information content (AvgIpc) is 2.66. The number of piperidine rings is 1. The molecule has 0 spiro atoms. The molecule has 4 N–H and O–H groups in total. The van der Waals surface area contributed by atoms with E-state index in [1.807, 2.05) is 0 Å². The molecule has 0 unspecified atom stereocenters. The summed E-state index contributed by atoms with van der Waals surface area (Å²) < 4.78 is 25.5. The molecule has 0 radical (unpaired) electrons. The fourth-order valence-corrected chi connectivity index (χ4v) is 3.19. The van der Waals surface area contributed by atoms with Gasteiger partial charge in [-0.1, -0.05) is 0 Å². The Morgan fingerprint density at radius 1 is 1.50 bits per heavy atom. The van der Waals surface area contributed by atoms with Crippen molar-refractivity contribution in [3.8, 4) is 0 Å². The van der Waals surface area contributed by atoms with Gasteiger partial charge in [0.1, 0.15) is 10.7 Å². The van der Waals surface area contributed by atoms with Gasteiger partial charge in [-0.2, -0.15) is 9.40 Å². The smallest absolute Gasteiger partial charge is 0.248 e. The highest BCUT2D eigenvalue weighted by Gasteiger charge is 2.30. The van der Waals surface area contributed by atoms with Crippen molar-refractivity contribution in [3.63, 3.8) is 0 Å². The van der Waals surface area contributed by atoms with Crippen molar-refractivity contribution >= 4 is 15.8 Å². The van der Waals surface area contributed by atoms with Gasteiger partial charge in [0.25, 0.3) is 0 Å². The Morgan fingerprint density at radius 2 is 2.12 bits per heavy atom. The van der Waals surface area contributed by atoms with Gasteiger partial charge >= 0.3 is 0 Å². The van der Waals surface area contributed by atoms with Crippen molar-refractivity contribution in [1.29, 1.82) is 0 Å². The molecule has 0 aliphatic carbocycles. The average molecular weight is 246 g/mol. The van der Waals surface area contributed by atoms with Crippen LogP contribution in [0.4, 0.5) is 5.82 Å². The Labute approximate surface area is 93.3 Å². The van der Waals surface area contributed by atoms with Crippen LogP contribution in [0.2, 0.25) is 0 Å². The molecule has 0 bridgehead atoms. The van der Waals surface area contributed by atoms with Gasteiger partial charge in [-0.3, -0.25) is 5.10 Å². The van der Waals surface area contributed by atoms with Gasteiger partial charge < -0.3 is 10.8 Å². The maximum atomic E-state index is 12.1. The van der Waals surface area contributed by atoms with Crippen LogP contribution in [0.25, 0.3) is 0 Å². The van der Waals surface area contributed by atoms with Crippen molar-refractivity contribution < 1.29 is 13.5 Å². The lowest BCUT2D eigenvalue weighted by molar-refractivity contribution is 0.113. The zero-order chi connectivity index (χ0) is 11.8. The Morgan fingerprint density at radius 3 is 2.62 bits per heavy atom. The molecular formula is C8H14N4O3S. The summed E-state index contributed by atoms with van der Waals surface area (Å²) in [5.41, 5.74) is 5.49. The van der Waals surface area contributed by atoms with E-state index in [1.165, 1.54) is 10.5 Å². The van der Waals surface area contributed by atoms with Crippen molar-refractivity contribution in [3.05, 3.63) is 6.20 Å². The van der Waals surface area contributed by atoms with Crippen LogP contribution in [-0.4, -0.2) is 47.2 Å². The summed E-state index contributed by atoms with van der Waals surface area (Å²) in [5.74, 6) is 0.0473. The summed E-state index contributed by atoms with van der Waals surface area (Å²) in [7, 11) is -3.57. The number of aliphatic hydroxyl groups excluding tert-OH is 1. The number of nitrogens with two attached hydrogens (primary N) is 1. The number of nitrogens with zero attached hydrogens (tertiary/aromatic N) is 2. The van der Waals surface area contributed by atoms with Gasteiger partial charge in [0.15, 0.2) is 0 Å². The summed E-state index contributed by atoms with van der Waals surface area (Å²) in [6.07, 6.45) is 1.71. The third-order valence-corrected chi connectivity index (χ3v) is 4.60. The van der Waals surface area contributed by atoms with Gasteiger partial charge in [0, 0.05) is 13.1 Å². The van der Waals surface area contributed by atoms with E-state index in [-0.39, 0.29) is 10.7 Å². The lowest BCUT2D eigenvalue weighted by Gasteiger charge is -2.28. The molecule has 1 fully saturated rings. The van der Waals surface area contributed by atoms with Gasteiger partial charge in [0.2, 0.25) is 10.0 Å². The summed E-state index contributed by atoms with van der Waals surface area (Å²) in [5, 5.41) is 15.3. The number of hydrogen-bond donors (Lipinski definition) is 3. The summed E-state index contributed by atoms with van der Waals surface area (Å²) in [6.45, 7) is 0.627. The Balaban J connectivity index is 2.23. The zero-order valence-corrected chi connectivity index (χ0v) is 9.44. The molecule has 1 aliphatic heterocycles. The summed E-state index contributed by atoms with van der Waals surface area (Å²) in [4.78, 5) is 0.00360. The molecule has 7 nitrogen and oxygen atoms in total. The first-order valence-corrected chi connectivity index (χ1v) is 6.43. The topological polar surface area (TPSA) is 112 Å². The molecule has 0 atom stereocenters. The number of hydrogen-bond acceptors (Lipinski definition) is 5. The summed E-state index contributed by atoms with van der Waals surface area (Å²) in [6, 6.07) is 0. The number of nitrogens with one attached hydrogen (secondary N) is 1. The van der Waals surface area contributed by atoms with Crippen LogP contribution < -0.4 is 5.73 Å². The minimum absolute atomic E-state index is 0.00360. The maximum absolute atomic E-state index is 12.1. The second-order valence-corrected chi connectivity index (χ2v) is 5.69. The van der Waals surface area contributed by atoms with Crippen LogP contribution in [0, 0.1) is 0 Å². The molecule has 0 aromatic carbocycles. The van der Waals surface area contributed by atoms with E-state index in [0.29, 0.717) is 25.9 Å². The number of aliphatic hydroxyl groups is 1. The van der Waals surface area contributed by atoms with Crippen LogP contribution >= 0.6 is 0 Å². The first kappa shape index (κ1) is 11.4. The number of H-pyrrole nitrogens is 1. The van der Waals surface area contributed by atoms with E-state index >= 15 is 0 Å². The normalized spacial score (nSPS) is 20.1. The highest BCUT2D eigenvalue weighted by molar-refractivity contribution is 7.89. The van der Waals surface area contributed by atoms with Crippen molar-refractivity contribution in [2.45, 2.75) is 23.8 Å². The Hall–Kier alpha value is -1.12. The van der Waals surface area contributed by atoms with Gasteiger partial charge in [-0.15, -0.1) is 0 Å². The lowest BCUT2D eigenvalue weighted by atomic mass is 10.1. The molecule has 1 aromatic heterocycles. The van der Waals surface area contributed by atoms with Crippen LogP contribution in [0.1, 0.15) is 12.8 Å². The van der Waals surface area contributed by atoms with Crippen LogP contribution in [0.15, 0.2) is 11.1 Å². The second kappa shape index (κ2) is 4.04. The number of nitrogen functional groups attached to an aromatic ring is 1. The molecule has 1 aliphatic rings. The second-order valence-electron chi connectivity index (χ2n) is 3.78. The number of sulfonamides is 1. The molecule has 0 saturated carbocycles. The highest BCUT2D eigenvalue weighted by atomic mass is 32.2. The Kier molecular flexibility index (Phi) is 2.87. The minimum Gasteiger partial charge on any atom is -0.393 e. The fourth-order valence-electron chi connectivity index (χ4n) is 1.71. The van der Waals surface area contributed by atoms with Crippen LogP contribution in [0.5, 0.6) is 0 Å². The highest BCUT2D eigenvalue weighted by Crippen LogP contribution is 2.23. The molecule has 2 rings (SSSR count). The van der Waals surface area contributed by atoms with Crippen molar-refractivity contribution in [1.82, 2.24) is 14.5 Å². The number of anilines is 1. The monoisotopic (exact) mass is 246 g/mol. The summed E-state index contributed by atoms with van der Waals surface area (Å²) >= 11 is 0. The van der Waals surface area contributed by atoms with Gasteiger partial charge in [-0.05, 0) is 12.8 Å². The van der Waals surface area contributed by atoms with E-state index in [2.05, 4.69) is 10.2 Å². The molecule has 8 heteroatoms. The zero-order valence-electron chi connectivity index (χ0n) is 8.63. The predicted molar refractivity (Wildman–Crippen MR) is 57.0 cm³/mol. The largest absolute Gasteiger partial charge is 0.393 e. The third kappa shape index (κ3) is 1.91. The molecule has 2 heterocycles. The molecule has 16 heavy (non-hydrogen) atoms. The fraction of sp³-hybridized carbons (Fsp3) is 0.625. The number of aromatic nitrogens is 2. The van der Waals surface area contributed by atoms with Crippen LogP contribution in [-0.2, 0) is 10.0 Å². The first-order valence-electron chi connectivity index (χ1n) is 4.99. The molecule has 0 amide bonds. The van der Waals surface area contributed by atoms with E-state index in [9.17, 15) is 13.5 Å². The minimum atomic E-state index is -3.57. The molecule has 1 saturated heterocycles. The number of aromatic amines is 1. The quantitative estimate of drug-likeness (QED) is 0.628. The van der Waals surface area contributed by atoms with E-state index < -0.39 is 16.1 Å². The number of rotatable bonds is 2. The van der Waals surface area contributed by atoms with E-state index in [0.717, 1.165) is 0 Å². The molecular weight excluding hydrogens is 232 g/mol. The van der Waals surface area contributed by atoms with E-state index in [1.54, 1.807) is 0 Å². The SMILES string of the molecule is Nc1[nH]ncc1S(=O)(=O)N1CCC(O)CC1. The standard InChI is InChI=1S/C8H14N4O3S/c9-8-7(5-10-11-8)16(14,15)12-3-1-6(13)2-4-12/h5-6,13H,1-4H2,(H3,9,10,11). The Bertz CT molecular complexity index is 461. The molecule has 90 valence electrons. The van der Waals surface area contributed by atoms with Gasteiger partial charge in [0.05, 0.1) is 12.3 Å². The maximum Gasteiger partial charge on any atom is 0.248 e. The predicted octanol–water partition coefficient (Wildman–Crippen LogP) is -0.863. The van der Waals surface area contributed by atoms with Crippen molar-refractivity contribution in [2.75, 3.05) is 18.8 Å². The van der Waals surface area contributed by atoms with Crippen LogP contribution in [0.3, 0.4) is 0 Å². The third-order valence-electron chi connectivity index (χ3n) is 2.67. The van der Waals surface area contributed by atoms with Gasteiger partial charge in [-0.25, -0.2) is 8.42 Å². The first-order chi connectivity index (χ1) is 7.51. The molecule has 1 aromatic rings. The lowest BCUT2D eigenvalue weighted by Crippen LogP contribution is -2.40.